The Morgan fingerprint density at radius 1 is 1.19 bits per heavy atom. The van der Waals surface area contributed by atoms with Gasteiger partial charge in [0.25, 0.3) is 0 Å². The smallest absolute Gasteiger partial charge is 0.324 e. The number of hydrogen-bond acceptors (Lipinski definition) is 5. The molecule has 1 fully saturated rings. The molecular formula is C18H20N2O5S2. The van der Waals surface area contributed by atoms with Crippen molar-refractivity contribution in [3.05, 3.63) is 52.7 Å². The highest BCUT2D eigenvalue weighted by Gasteiger charge is 2.51. The minimum Gasteiger partial charge on any atom is -0.480 e. The van der Waals surface area contributed by atoms with Gasteiger partial charge in [-0.3, -0.25) is 9.59 Å². The van der Waals surface area contributed by atoms with Crippen LogP contribution >= 0.6 is 11.3 Å². The maximum Gasteiger partial charge on any atom is 0.324 e. The first kappa shape index (κ1) is 19.5. The molecule has 144 valence electrons. The van der Waals surface area contributed by atoms with Gasteiger partial charge >= 0.3 is 5.97 Å². The van der Waals surface area contributed by atoms with Crippen molar-refractivity contribution < 1.29 is 23.1 Å². The summed E-state index contributed by atoms with van der Waals surface area (Å²) in [5, 5.41) is 11.7. The molecule has 2 heterocycles. The highest BCUT2D eigenvalue weighted by atomic mass is 32.2. The average Bonchev–Trinajstić information content (AvgIpc) is 3.15. The zero-order valence-electron chi connectivity index (χ0n) is 14.8. The van der Waals surface area contributed by atoms with E-state index in [-0.39, 0.29) is 10.9 Å². The van der Waals surface area contributed by atoms with Crippen LogP contribution in [0, 0.1) is 0 Å². The van der Waals surface area contributed by atoms with Gasteiger partial charge in [0.1, 0.15) is 6.04 Å². The van der Waals surface area contributed by atoms with Crippen LogP contribution in [0.5, 0.6) is 0 Å². The minimum absolute atomic E-state index is 0.0352. The molecule has 2 aromatic rings. The summed E-state index contributed by atoms with van der Waals surface area (Å²) in [7, 11) is -4.15. The van der Waals surface area contributed by atoms with Crippen molar-refractivity contribution in [3.63, 3.8) is 0 Å². The Balaban J connectivity index is 2.16. The van der Waals surface area contributed by atoms with E-state index in [1.165, 1.54) is 28.4 Å². The lowest BCUT2D eigenvalue weighted by atomic mass is 9.99. The summed E-state index contributed by atoms with van der Waals surface area (Å²) in [4.78, 5) is 27.1. The zero-order chi connectivity index (χ0) is 19.8. The fourth-order valence-corrected chi connectivity index (χ4v) is 5.77. The van der Waals surface area contributed by atoms with Gasteiger partial charge in [0.2, 0.25) is 15.9 Å². The summed E-state index contributed by atoms with van der Waals surface area (Å²) in [6.07, 6.45) is 0. The Morgan fingerprint density at radius 2 is 1.85 bits per heavy atom. The van der Waals surface area contributed by atoms with E-state index in [1.807, 2.05) is 0 Å². The summed E-state index contributed by atoms with van der Waals surface area (Å²) < 4.78 is 27.1. The topological polar surface area (TPSA) is 95.0 Å². The number of aliphatic carboxylic acids is 1. The van der Waals surface area contributed by atoms with E-state index in [9.17, 15) is 23.1 Å². The lowest BCUT2D eigenvalue weighted by Gasteiger charge is -2.46. The summed E-state index contributed by atoms with van der Waals surface area (Å²) in [6.45, 7) is 3.08. The van der Waals surface area contributed by atoms with Crippen LogP contribution in [0.25, 0.3) is 0 Å². The number of amides is 1. The van der Waals surface area contributed by atoms with E-state index >= 15 is 0 Å². The number of benzene rings is 1. The van der Waals surface area contributed by atoms with Gasteiger partial charge < -0.3 is 10.0 Å². The molecule has 0 unspecified atom stereocenters. The second-order valence-electron chi connectivity index (χ2n) is 6.50. The standard InChI is InChI=1S/C18H20N2O5S2/c1-12(2)20-15(21)11-19(27(24,25)13-7-4-3-5-8-13)17(18(22)23)16(20)14-9-6-10-26-14/h3-10,12,16-17H,11H2,1-2H3,(H,22,23)/t16-,17+/m1/s1. The predicted molar refractivity (Wildman–Crippen MR) is 101 cm³/mol. The van der Waals surface area contributed by atoms with Crippen LogP contribution < -0.4 is 0 Å². The highest BCUT2D eigenvalue weighted by Crippen LogP contribution is 2.38. The van der Waals surface area contributed by atoms with Crippen LogP contribution in [-0.4, -0.2) is 53.2 Å². The maximum absolute atomic E-state index is 13.1. The Morgan fingerprint density at radius 3 is 2.37 bits per heavy atom. The molecule has 0 radical (unpaired) electrons. The Labute approximate surface area is 161 Å². The third-order valence-electron chi connectivity index (χ3n) is 4.48. The first-order valence-electron chi connectivity index (χ1n) is 8.39. The van der Waals surface area contributed by atoms with E-state index in [0.717, 1.165) is 4.31 Å². The molecular weight excluding hydrogens is 388 g/mol. The van der Waals surface area contributed by atoms with Crippen LogP contribution in [0.2, 0.25) is 0 Å². The fourth-order valence-electron chi connectivity index (χ4n) is 3.36. The summed E-state index contributed by atoms with van der Waals surface area (Å²) in [5.74, 6) is -1.70. The van der Waals surface area contributed by atoms with E-state index in [1.54, 1.807) is 49.6 Å². The summed E-state index contributed by atoms with van der Waals surface area (Å²) in [5.41, 5.74) is 0. The first-order chi connectivity index (χ1) is 12.7. The van der Waals surface area contributed by atoms with Gasteiger partial charge in [0, 0.05) is 10.9 Å². The molecule has 1 aliphatic heterocycles. The number of carbonyl (C=O) groups excluding carboxylic acids is 1. The van der Waals surface area contributed by atoms with E-state index in [2.05, 4.69) is 0 Å². The second kappa shape index (κ2) is 7.41. The van der Waals surface area contributed by atoms with Crippen molar-refractivity contribution >= 4 is 33.2 Å². The molecule has 1 aromatic carbocycles. The van der Waals surface area contributed by atoms with Crippen LogP contribution in [0.4, 0.5) is 0 Å². The molecule has 9 heteroatoms. The van der Waals surface area contributed by atoms with Crippen molar-refractivity contribution in [2.75, 3.05) is 6.54 Å². The Hall–Kier alpha value is -2.23. The number of nitrogens with zero attached hydrogens (tertiary/aromatic N) is 2. The lowest BCUT2D eigenvalue weighted by Crippen LogP contribution is -2.63. The average molecular weight is 409 g/mol. The number of carboxylic acids is 1. The quantitative estimate of drug-likeness (QED) is 0.818. The first-order valence-corrected chi connectivity index (χ1v) is 10.7. The van der Waals surface area contributed by atoms with Crippen molar-refractivity contribution in [1.82, 2.24) is 9.21 Å². The molecule has 1 N–H and O–H groups in total. The van der Waals surface area contributed by atoms with Crippen molar-refractivity contribution in [2.45, 2.75) is 36.9 Å². The fraction of sp³-hybridized carbons (Fsp3) is 0.333. The van der Waals surface area contributed by atoms with Gasteiger partial charge in [-0.15, -0.1) is 11.3 Å². The second-order valence-corrected chi connectivity index (χ2v) is 9.37. The SMILES string of the molecule is CC(C)N1C(=O)CN(S(=O)(=O)c2ccccc2)[C@H](C(=O)O)[C@H]1c1cccs1. The summed E-state index contributed by atoms with van der Waals surface area (Å²) in [6, 6.07) is 8.51. The molecule has 0 saturated carbocycles. The number of carbonyl (C=O) groups is 2. The molecule has 0 aliphatic carbocycles. The van der Waals surface area contributed by atoms with E-state index in [4.69, 9.17) is 0 Å². The lowest BCUT2D eigenvalue weighted by molar-refractivity contribution is -0.154. The molecule has 0 bridgehead atoms. The molecule has 1 aromatic heterocycles. The Kier molecular flexibility index (Phi) is 5.36. The zero-order valence-corrected chi connectivity index (χ0v) is 16.5. The van der Waals surface area contributed by atoms with Crippen molar-refractivity contribution in [3.8, 4) is 0 Å². The van der Waals surface area contributed by atoms with Crippen LogP contribution in [0.1, 0.15) is 24.8 Å². The third-order valence-corrected chi connectivity index (χ3v) is 7.27. The number of thiophene rings is 1. The summed E-state index contributed by atoms with van der Waals surface area (Å²) >= 11 is 1.30. The molecule has 1 aliphatic rings. The Bertz CT molecular complexity index is 926. The largest absolute Gasteiger partial charge is 0.480 e. The van der Waals surface area contributed by atoms with E-state index in [0.29, 0.717) is 4.88 Å². The molecule has 2 atom stereocenters. The molecule has 3 rings (SSSR count). The normalized spacial score (nSPS) is 21.6. The van der Waals surface area contributed by atoms with Gasteiger partial charge in [-0.2, -0.15) is 4.31 Å². The minimum atomic E-state index is -4.15. The van der Waals surface area contributed by atoms with Crippen LogP contribution in [0.15, 0.2) is 52.7 Å². The van der Waals surface area contributed by atoms with Gasteiger partial charge in [0.15, 0.2) is 0 Å². The van der Waals surface area contributed by atoms with Crippen LogP contribution in [-0.2, 0) is 19.6 Å². The molecule has 1 saturated heterocycles. The third kappa shape index (κ3) is 3.50. The van der Waals surface area contributed by atoms with Crippen molar-refractivity contribution in [1.29, 1.82) is 0 Å². The monoisotopic (exact) mass is 408 g/mol. The number of hydrogen-bond donors (Lipinski definition) is 1. The van der Waals surface area contributed by atoms with Crippen molar-refractivity contribution in [2.24, 2.45) is 0 Å². The number of rotatable bonds is 5. The number of piperazine rings is 1. The maximum atomic E-state index is 13.1. The molecule has 27 heavy (non-hydrogen) atoms. The molecule has 7 nitrogen and oxygen atoms in total. The van der Waals surface area contributed by atoms with Gasteiger partial charge in [-0.05, 0) is 37.4 Å². The van der Waals surface area contributed by atoms with Gasteiger partial charge in [0.05, 0.1) is 17.5 Å². The molecule has 0 spiro atoms. The number of carboxylic acid groups (broad SMARTS) is 1. The van der Waals surface area contributed by atoms with E-state index < -0.39 is 40.5 Å². The van der Waals surface area contributed by atoms with Gasteiger partial charge in [-0.25, -0.2) is 8.42 Å². The predicted octanol–water partition coefficient (Wildman–Crippen LogP) is 2.18. The van der Waals surface area contributed by atoms with Crippen LogP contribution in [0.3, 0.4) is 0 Å². The number of sulfonamides is 1. The molecule has 1 amide bonds. The van der Waals surface area contributed by atoms with Gasteiger partial charge in [-0.1, -0.05) is 24.3 Å². The highest BCUT2D eigenvalue weighted by molar-refractivity contribution is 7.89.